The fourth-order valence-corrected chi connectivity index (χ4v) is 1.86. The minimum Gasteiger partial charge on any atom is -0.400 e. The molecule has 1 saturated heterocycles. The Bertz CT molecular complexity index is 397. The van der Waals surface area contributed by atoms with E-state index in [1.165, 1.54) is 0 Å². The Balaban J connectivity index is 0.000000771. The second-order valence-corrected chi connectivity index (χ2v) is 3.88. The topological polar surface area (TPSA) is 96.7 Å². The number of nitrogens with zero attached hydrogens (tertiary/aromatic N) is 1. The fraction of sp³-hybridized carbons (Fsp3) is 0.500. The van der Waals surface area contributed by atoms with E-state index in [-0.39, 0.29) is 18.9 Å². The first kappa shape index (κ1) is 14.6. The largest absolute Gasteiger partial charge is 0.400 e. The number of ether oxygens (including phenoxy) is 1. The minimum absolute atomic E-state index is 0.0343. The number of aromatic nitrogens is 1. The average Bonchev–Trinajstić information content (AvgIpc) is 2.90. The molecular formula is C12H19N2O4+. The van der Waals surface area contributed by atoms with Gasteiger partial charge in [-0.25, -0.2) is 0 Å². The summed E-state index contributed by atoms with van der Waals surface area (Å²) < 4.78 is 7.41. The van der Waals surface area contributed by atoms with Gasteiger partial charge >= 0.3 is 0 Å². The lowest BCUT2D eigenvalue weighted by atomic mass is 10.2. The first-order chi connectivity index (χ1) is 8.70. The normalized spacial score (nSPS) is 22.2. The van der Waals surface area contributed by atoms with Crippen molar-refractivity contribution in [1.29, 1.82) is 0 Å². The summed E-state index contributed by atoms with van der Waals surface area (Å²) in [4.78, 5) is 11.0. The zero-order chi connectivity index (χ0) is 13.5. The maximum Gasteiger partial charge on any atom is 0.262 e. The van der Waals surface area contributed by atoms with E-state index in [9.17, 15) is 4.79 Å². The van der Waals surface area contributed by atoms with Crippen molar-refractivity contribution in [1.82, 2.24) is 0 Å². The Kier molecular flexibility index (Phi) is 5.70. The molecule has 4 N–H and O–H groups in total. The highest BCUT2D eigenvalue weighted by Crippen LogP contribution is 2.23. The zero-order valence-corrected chi connectivity index (χ0v) is 10.3. The fourth-order valence-electron chi connectivity index (χ4n) is 1.86. The summed E-state index contributed by atoms with van der Waals surface area (Å²) in [6.45, 7) is 0.0343. The number of hydrogen-bond donors (Lipinski definition) is 3. The van der Waals surface area contributed by atoms with Crippen molar-refractivity contribution in [3.8, 4) is 0 Å². The third kappa shape index (κ3) is 3.49. The van der Waals surface area contributed by atoms with Gasteiger partial charge in [-0.1, -0.05) is 0 Å². The Labute approximate surface area is 106 Å². The number of hydrogen-bond acceptors (Lipinski definition) is 4. The van der Waals surface area contributed by atoms with E-state index in [0.29, 0.717) is 5.56 Å². The number of carbonyl (C=O) groups excluding carboxylic acids is 1. The molecule has 1 aromatic rings. The van der Waals surface area contributed by atoms with Gasteiger partial charge in [-0.3, -0.25) is 4.79 Å². The molecule has 1 amide bonds. The molecule has 6 heteroatoms. The van der Waals surface area contributed by atoms with Crippen LogP contribution in [0.4, 0.5) is 0 Å². The van der Waals surface area contributed by atoms with Crippen molar-refractivity contribution in [2.45, 2.75) is 25.2 Å². The van der Waals surface area contributed by atoms with E-state index in [1.807, 2.05) is 10.8 Å². The second-order valence-electron chi connectivity index (χ2n) is 3.88. The highest BCUT2D eigenvalue weighted by molar-refractivity contribution is 5.92. The summed E-state index contributed by atoms with van der Waals surface area (Å²) in [5.41, 5.74) is 5.66. The van der Waals surface area contributed by atoms with Crippen LogP contribution in [0.25, 0.3) is 0 Å². The van der Waals surface area contributed by atoms with Crippen LogP contribution in [-0.4, -0.2) is 35.9 Å². The molecule has 100 valence electrons. The highest BCUT2D eigenvalue weighted by Gasteiger charge is 2.31. The third-order valence-electron chi connectivity index (χ3n) is 2.73. The quantitative estimate of drug-likeness (QED) is 0.625. The summed E-state index contributed by atoms with van der Waals surface area (Å²) in [7, 11) is 1.00. The van der Waals surface area contributed by atoms with Gasteiger partial charge in [-0.2, -0.15) is 4.57 Å². The van der Waals surface area contributed by atoms with Crippen LogP contribution >= 0.6 is 0 Å². The van der Waals surface area contributed by atoms with Crippen LogP contribution in [0.15, 0.2) is 24.5 Å². The van der Waals surface area contributed by atoms with Gasteiger partial charge in [0.15, 0.2) is 12.4 Å². The summed E-state index contributed by atoms with van der Waals surface area (Å²) in [5.74, 6) is -0.453. The predicted octanol–water partition coefficient (Wildman–Crippen LogP) is -0.649. The zero-order valence-electron chi connectivity index (χ0n) is 10.3. The maximum absolute atomic E-state index is 11.0. The van der Waals surface area contributed by atoms with Crippen LogP contribution in [0.5, 0.6) is 0 Å². The number of primary amides is 1. The molecule has 2 rings (SSSR count). The first-order valence-electron chi connectivity index (χ1n) is 5.72. The SMILES string of the molecule is CO.NC(=O)c1ccc[n+](C2CCC(CO)O2)c1. The van der Waals surface area contributed by atoms with E-state index >= 15 is 0 Å². The van der Waals surface area contributed by atoms with E-state index in [4.69, 9.17) is 20.7 Å². The van der Waals surface area contributed by atoms with E-state index in [2.05, 4.69) is 0 Å². The van der Waals surface area contributed by atoms with Crippen LogP contribution in [0.2, 0.25) is 0 Å². The number of amides is 1. The molecule has 2 unspecified atom stereocenters. The minimum atomic E-state index is -0.453. The van der Waals surface area contributed by atoms with Crippen molar-refractivity contribution >= 4 is 5.91 Å². The molecule has 1 aliphatic heterocycles. The van der Waals surface area contributed by atoms with Crippen molar-refractivity contribution < 1.29 is 24.3 Å². The monoisotopic (exact) mass is 255 g/mol. The predicted molar refractivity (Wildman–Crippen MR) is 63.5 cm³/mol. The number of nitrogens with two attached hydrogens (primary N) is 1. The molecule has 1 aromatic heterocycles. The molecule has 2 heterocycles. The van der Waals surface area contributed by atoms with E-state index in [0.717, 1.165) is 20.0 Å². The second kappa shape index (κ2) is 7.05. The Morgan fingerprint density at radius 3 is 2.83 bits per heavy atom. The molecule has 0 spiro atoms. The number of pyridine rings is 1. The summed E-state index contributed by atoms with van der Waals surface area (Å²) in [5, 5.41) is 16.0. The Morgan fingerprint density at radius 1 is 1.56 bits per heavy atom. The highest BCUT2D eigenvalue weighted by atomic mass is 16.5. The van der Waals surface area contributed by atoms with E-state index < -0.39 is 5.91 Å². The van der Waals surface area contributed by atoms with Crippen LogP contribution in [-0.2, 0) is 4.74 Å². The summed E-state index contributed by atoms with van der Waals surface area (Å²) in [6.07, 6.45) is 4.95. The van der Waals surface area contributed by atoms with Gasteiger partial charge in [0.1, 0.15) is 5.56 Å². The number of aliphatic hydroxyl groups excluding tert-OH is 2. The van der Waals surface area contributed by atoms with Crippen molar-refractivity contribution in [3.63, 3.8) is 0 Å². The molecule has 0 radical (unpaired) electrons. The van der Waals surface area contributed by atoms with Gasteiger partial charge in [-0.05, 0) is 12.5 Å². The van der Waals surface area contributed by atoms with Crippen molar-refractivity contribution in [2.24, 2.45) is 5.73 Å². The van der Waals surface area contributed by atoms with Gasteiger partial charge in [0.05, 0.1) is 12.7 Å². The summed E-state index contributed by atoms with van der Waals surface area (Å²) in [6, 6.07) is 3.42. The van der Waals surface area contributed by atoms with Gasteiger partial charge in [0.25, 0.3) is 12.1 Å². The Morgan fingerprint density at radius 2 is 2.28 bits per heavy atom. The molecule has 1 aliphatic rings. The van der Waals surface area contributed by atoms with Crippen LogP contribution in [0.1, 0.15) is 29.4 Å². The van der Waals surface area contributed by atoms with Crippen molar-refractivity contribution in [3.05, 3.63) is 30.1 Å². The number of aliphatic hydroxyl groups is 2. The van der Waals surface area contributed by atoms with Crippen LogP contribution in [0, 0.1) is 0 Å². The van der Waals surface area contributed by atoms with Gasteiger partial charge in [0, 0.05) is 19.6 Å². The first-order valence-corrected chi connectivity index (χ1v) is 5.72. The van der Waals surface area contributed by atoms with E-state index in [1.54, 1.807) is 18.3 Å². The Hall–Kier alpha value is -1.50. The molecule has 2 atom stereocenters. The molecule has 6 nitrogen and oxygen atoms in total. The molecule has 0 aromatic carbocycles. The van der Waals surface area contributed by atoms with Gasteiger partial charge in [0.2, 0.25) is 0 Å². The average molecular weight is 255 g/mol. The standard InChI is InChI=1S/C11H14N2O3.CH4O/c12-11(15)8-2-1-5-13(6-8)10-4-3-9(7-14)16-10;1-2/h1-2,5-6,9-10,14H,3-4,7H2,(H-,12,15);2H,1H3/p+1. The van der Waals surface area contributed by atoms with Crippen LogP contribution < -0.4 is 10.3 Å². The van der Waals surface area contributed by atoms with Gasteiger partial charge < -0.3 is 20.7 Å². The maximum atomic E-state index is 11.0. The lowest BCUT2D eigenvalue weighted by Crippen LogP contribution is -2.40. The molecule has 0 saturated carbocycles. The van der Waals surface area contributed by atoms with Crippen molar-refractivity contribution in [2.75, 3.05) is 13.7 Å². The molecule has 0 aliphatic carbocycles. The molecular weight excluding hydrogens is 236 g/mol. The number of carbonyl (C=O) groups is 1. The van der Waals surface area contributed by atoms with Crippen LogP contribution in [0.3, 0.4) is 0 Å². The lowest BCUT2D eigenvalue weighted by Gasteiger charge is -2.07. The number of rotatable bonds is 3. The summed E-state index contributed by atoms with van der Waals surface area (Å²) >= 11 is 0. The molecule has 1 fully saturated rings. The van der Waals surface area contributed by atoms with Gasteiger partial charge in [-0.15, -0.1) is 0 Å². The smallest absolute Gasteiger partial charge is 0.262 e. The lowest BCUT2D eigenvalue weighted by molar-refractivity contribution is -0.759. The molecule has 18 heavy (non-hydrogen) atoms. The third-order valence-corrected chi connectivity index (χ3v) is 2.73. The molecule has 0 bridgehead atoms.